The molecule has 1 atom stereocenters. The Hall–Kier alpha value is -1.05. The molecule has 1 aromatic heterocycles. The number of aromatic nitrogens is 1. The van der Waals surface area contributed by atoms with Crippen molar-refractivity contribution < 1.29 is 17.9 Å². The highest BCUT2D eigenvalue weighted by Crippen LogP contribution is 2.09. The smallest absolute Gasteiger partial charge is 0.242 e. The van der Waals surface area contributed by atoms with E-state index in [1.807, 2.05) is 0 Å². The fourth-order valence-electron chi connectivity index (χ4n) is 1.08. The Morgan fingerprint density at radius 1 is 1.56 bits per heavy atom. The summed E-state index contributed by atoms with van der Waals surface area (Å²) in [4.78, 5) is 3.20. The van der Waals surface area contributed by atoms with Gasteiger partial charge in [-0.15, -0.1) is 0 Å². The van der Waals surface area contributed by atoms with Crippen LogP contribution in [0.2, 0.25) is 0 Å². The molecule has 0 aliphatic rings. The van der Waals surface area contributed by atoms with Gasteiger partial charge in [0.2, 0.25) is 10.0 Å². The van der Waals surface area contributed by atoms with E-state index in [0.717, 1.165) is 18.5 Å². The molecule has 0 aliphatic heterocycles. The van der Waals surface area contributed by atoms with Gasteiger partial charge in [0.05, 0.1) is 12.8 Å². The Kier molecular flexibility index (Phi) is 4.34. The predicted molar refractivity (Wildman–Crippen MR) is 55.7 cm³/mol. The van der Waals surface area contributed by atoms with Crippen molar-refractivity contribution in [3.05, 3.63) is 24.3 Å². The van der Waals surface area contributed by atoms with E-state index in [4.69, 9.17) is 5.11 Å². The van der Waals surface area contributed by atoms with Crippen molar-refractivity contribution in [3.63, 3.8) is 0 Å². The molecule has 5 nitrogen and oxygen atoms in total. The number of aliphatic hydroxyl groups excluding tert-OH is 1. The third kappa shape index (κ3) is 3.22. The number of halogens is 1. The Morgan fingerprint density at radius 3 is 2.75 bits per heavy atom. The molecule has 2 N–H and O–H groups in total. The van der Waals surface area contributed by atoms with Crippen LogP contribution >= 0.6 is 0 Å². The molecule has 90 valence electrons. The lowest BCUT2D eigenvalue weighted by Gasteiger charge is -2.13. The lowest BCUT2D eigenvalue weighted by atomic mass is 10.3. The van der Waals surface area contributed by atoms with Gasteiger partial charge in [0.15, 0.2) is 0 Å². The van der Waals surface area contributed by atoms with E-state index in [9.17, 15) is 12.8 Å². The third-order valence-electron chi connectivity index (χ3n) is 2.03. The lowest BCUT2D eigenvalue weighted by Crippen LogP contribution is -2.36. The zero-order chi connectivity index (χ0) is 12.2. The van der Waals surface area contributed by atoms with Crippen LogP contribution in [-0.4, -0.2) is 31.2 Å². The number of pyridine rings is 1. The highest BCUT2D eigenvalue weighted by molar-refractivity contribution is 7.89. The van der Waals surface area contributed by atoms with Crippen LogP contribution in [0.4, 0.5) is 4.39 Å². The van der Waals surface area contributed by atoms with Gasteiger partial charge < -0.3 is 5.11 Å². The summed E-state index contributed by atoms with van der Waals surface area (Å²) in [5.41, 5.74) is 0. The largest absolute Gasteiger partial charge is 0.395 e. The van der Waals surface area contributed by atoms with Crippen LogP contribution in [0.1, 0.15) is 13.3 Å². The highest BCUT2D eigenvalue weighted by Gasteiger charge is 2.19. The van der Waals surface area contributed by atoms with Crippen LogP contribution in [0.15, 0.2) is 23.4 Å². The van der Waals surface area contributed by atoms with Crippen molar-refractivity contribution in [3.8, 4) is 0 Å². The molecule has 7 heteroatoms. The summed E-state index contributed by atoms with van der Waals surface area (Å²) in [7, 11) is -3.82. The molecule has 0 bridgehead atoms. The monoisotopic (exact) mass is 248 g/mol. The summed E-state index contributed by atoms with van der Waals surface area (Å²) in [5.74, 6) is -0.722. The summed E-state index contributed by atoms with van der Waals surface area (Å²) < 4.78 is 38.4. The van der Waals surface area contributed by atoms with Gasteiger partial charge in [0.1, 0.15) is 10.7 Å². The molecule has 0 saturated carbocycles. The number of rotatable bonds is 5. The predicted octanol–water partition coefficient (Wildman–Crippen LogP) is 0.270. The second-order valence-electron chi connectivity index (χ2n) is 3.25. The van der Waals surface area contributed by atoms with Gasteiger partial charge in [-0.2, -0.15) is 0 Å². The molecule has 0 unspecified atom stereocenters. The van der Waals surface area contributed by atoms with Crippen LogP contribution in [0.25, 0.3) is 0 Å². The van der Waals surface area contributed by atoms with Crippen molar-refractivity contribution in [2.75, 3.05) is 6.61 Å². The van der Waals surface area contributed by atoms with E-state index in [1.54, 1.807) is 6.92 Å². The van der Waals surface area contributed by atoms with Crippen molar-refractivity contribution >= 4 is 10.0 Å². The van der Waals surface area contributed by atoms with Crippen LogP contribution in [0, 0.1) is 5.82 Å². The molecule has 0 radical (unpaired) electrons. The normalized spacial score (nSPS) is 13.7. The van der Waals surface area contributed by atoms with Crippen molar-refractivity contribution in [1.29, 1.82) is 0 Å². The Labute approximate surface area is 93.4 Å². The number of nitrogens with one attached hydrogen (secondary N) is 1. The molecule has 0 amide bonds. The Morgan fingerprint density at radius 2 is 2.25 bits per heavy atom. The molecule has 1 heterocycles. The van der Waals surface area contributed by atoms with E-state index in [1.165, 1.54) is 0 Å². The molecular formula is C9H13FN2O3S. The second-order valence-corrected chi connectivity index (χ2v) is 4.96. The highest BCUT2D eigenvalue weighted by atomic mass is 32.2. The second kappa shape index (κ2) is 5.33. The van der Waals surface area contributed by atoms with E-state index in [2.05, 4.69) is 9.71 Å². The maximum atomic E-state index is 12.8. The third-order valence-corrected chi connectivity index (χ3v) is 3.51. The molecule has 16 heavy (non-hydrogen) atoms. The Balaban J connectivity index is 2.94. The SMILES string of the molecule is CC[C@@H](CO)NS(=O)(=O)c1cncc(F)c1. The van der Waals surface area contributed by atoms with Crippen molar-refractivity contribution in [2.24, 2.45) is 0 Å². The zero-order valence-electron chi connectivity index (χ0n) is 8.72. The van der Waals surface area contributed by atoms with E-state index in [-0.39, 0.29) is 11.5 Å². The van der Waals surface area contributed by atoms with Gasteiger partial charge in [-0.25, -0.2) is 17.5 Å². The summed E-state index contributed by atoms with van der Waals surface area (Å²) in [6.45, 7) is 1.42. The van der Waals surface area contributed by atoms with Crippen LogP contribution < -0.4 is 4.72 Å². The minimum atomic E-state index is -3.82. The van der Waals surface area contributed by atoms with Crippen molar-refractivity contribution in [1.82, 2.24) is 9.71 Å². The maximum absolute atomic E-state index is 12.8. The summed E-state index contributed by atoms with van der Waals surface area (Å²) in [5, 5.41) is 8.87. The van der Waals surface area contributed by atoms with Gasteiger partial charge in [-0.3, -0.25) is 4.98 Å². The Bertz CT molecular complexity index is 446. The average molecular weight is 248 g/mol. The summed E-state index contributed by atoms with van der Waals surface area (Å²) >= 11 is 0. The minimum Gasteiger partial charge on any atom is -0.395 e. The van der Waals surface area contributed by atoms with E-state index >= 15 is 0 Å². The van der Waals surface area contributed by atoms with Gasteiger partial charge in [0.25, 0.3) is 0 Å². The molecule has 0 spiro atoms. The fraction of sp³-hybridized carbons (Fsp3) is 0.444. The molecule has 0 fully saturated rings. The van der Waals surface area contributed by atoms with Crippen LogP contribution in [0.3, 0.4) is 0 Å². The number of hydrogen-bond donors (Lipinski definition) is 2. The lowest BCUT2D eigenvalue weighted by molar-refractivity contribution is 0.254. The summed E-state index contributed by atoms with van der Waals surface area (Å²) in [6.07, 6.45) is 2.41. The molecule has 1 aromatic rings. The molecular weight excluding hydrogens is 235 g/mol. The molecule has 0 aromatic carbocycles. The van der Waals surface area contributed by atoms with Crippen LogP contribution in [0.5, 0.6) is 0 Å². The first kappa shape index (κ1) is 13.0. The number of hydrogen-bond acceptors (Lipinski definition) is 4. The number of aliphatic hydroxyl groups is 1. The first-order chi connectivity index (χ1) is 7.49. The number of nitrogens with zero attached hydrogens (tertiary/aromatic N) is 1. The molecule has 0 aliphatic carbocycles. The fourth-order valence-corrected chi connectivity index (χ4v) is 2.36. The van der Waals surface area contributed by atoms with E-state index < -0.39 is 21.9 Å². The quantitative estimate of drug-likeness (QED) is 0.784. The van der Waals surface area contributed by atoms with E-state index in [0.29, 0.717) is 6.42 Å². The van der Waals surface area contributed by atoms with Gasteiger partial charge in [-0.05, 0) is 12.5 Å². The standard InChI is InChI=1S/C9H13FN2O3S/c1-2-8(6-13)12-16(14,15)9-3-7(10)4-11-5-9/h3-5,8,12-13H,2,6H2,1H3/t8-/m0/s1. The van der Waals surface area contributed by atoms with Gasteiger partial charge >= 0.3 is 0 Å². The molecule has 0 saturated heterocycles. The first-order valence-electron chi connectivity index (χ1n) is 4.73. The average Bonchev–Trinajstić information content (AvgIpc) is 2.26. The number of sulfonamides is 1. The molecule has 1 rings (SSSR count). The van der Waals surface area contributed by atoms with Gasteiger partial charge in [-0.1, -0.05) is 6.92 Å². The summed E-state index contributed by atoms with van der Waals surface area (Å²) in [6, 6.07) is 0.299. The van der Waals surface area contributed by atoms with Crippen LogP contribution in [-0.2, 0) is 10.0 Å². The maximum Gasteiger partial charge on any atom is 0.242 e. The minimum absolute atomic E-state index is 0.251. The van der Waals surface area contributed by atoms with Gasteiger partial charge in [0, 0.05) is 12.2 Å². The zero-order valence-corrected chi connectivity index (χ0v) is 9.54. The van der Waals surface area contributed by atoms with Crippen molar-refractivity contribution in [2.45, 2.75) is 24.3 Å². The first-order valence-corrected chi connectivity index (χ1v) is 6.21. The topological polar surface area (TPSA) is 79.3 Å².